The molecule has 0 amide bonds. The van der Waals surface area contributed by atoms with Crippen LogP contribution in [0.5, 0.6) is 0 Å². The first kappa shape index (κ1) is 20.8. The van der Waals surface area contributed by atoms with Crippen molar-refractivity contribution >= 4 is 0 Å². The minimum absolute atomic E-state index is 0.139. The Balaban J connectivity index is 1.25. The van der Waals surface area contributed by atoms with Crippen LogP contribution in [0.2, 0.25) is 0 Å². The number of rotatable bonds is 7. The smallest absolute Gasteiger partial charge is 0.123 e. The van der Waals surface area contributed by atoms with Gasteiger partial charge >= 0.3 is 0 Å². The SMILES string of the molecule is C[C@@H](Cc1ccc(C2CCC(CCc3ccc(F)cc3)CC2)cc1)c1ccccc1. The van der Waals surface area contributed by atoms with E-state index in [2.05, 4.69) is 61.5 Å². The zero-order valence-corrected chi connectivity index (χ0v) is 18.1. The summed E-state index contributed by atoms with van der Waals surface area (Å²) in [5, 5.41) is 0. The van der Waals surface area contributed by atoms with Gasteiger partial charge in [-0.2, -0.15) is 0 Å². The maximum Gasteiger partial charge on any atom is 0.123 e. The molecule has 0 aliphatic heterocycles. The molecular formula is C29H33F. The molecule has 1 saturated carbocycles. The van der Waals surface area contributed by atoms with E-state index in [1.54, 1.807) is 12.1 Å². The molecule has 30 heavy (non-hydrogen) atoms. The van der Waals surface area contributed by atoms with E-state index in [0.717, 1.165) is 18.8 Å². The predicted molar refractivity (Wildman–Crippen MR) is 124 cm³/mol. The molecule has 0 bridgehead atoms. The van der Waals surface area contributed by atoms with Crippen LogP contribution >= 0.6 is 0 Å². The van der Waals surface area contributed by atoms with E-state index in [9.17, 15) is 4.39 Å². The largest absolute Gasteiger partial charge is 0.207 e. The molecule has 3 aromatic rings. The van der Waals surface area contributed by atoms with Crippen LogP contribution in [0.15, 0.2) is 78.9 Å². The normalized spacial score (nSPS) is 20.1. The number of benzene rings is 3. The van der Waals surface area contributed by atoms with Gasteiger partial charge in [-0.25, -0.2) is 4.39 Å². The first-order valence-corrected chi connectivity index (χ1v) is 11.6. The fourth-order valence-corrected chi connectivity index (χ4v) is 4.99. The molecule has 4 rings (SSSR count). The Hall–Kier alpha value is -2.41. The summed E-state index contributed by atoms with van der Waals surface area (Å²) >= 11 is 0. The van der Waals surface area contributed by atoms with Gasteiger partial charge < -0.3 is 0 Å². The van der Waals surface area contributed by atoms with Gasteiger partial charge in [0.2, 0.25) is 0 Å². The lowest BCUT2D eigenvalue weighted by Gasteiger charge is -2.29. The van der Waals surface area contributed by atoms with E-state index in [4.69, 9.17) is 0 Å². The Morgan fingerprint density at radius 3 is 2.07 bits per heavy atom. The van der Waals surface area contributed by atoms with Gasteiger partial charge in [0, 0.05) is 0 Å². The van der Waals surface area contributed by atoms with Gasteiger partial charge in [0.1, 0.15) is 5.82 Å². The van der Waals surface area contributed by atoms with Crippen LogP contribution in [0.25, 0.3) is 0 Å². The highest BCUT2D eigenvalue weighted by Gasteiger charge is 2.22. The summed E-state index contributed by atoms with van der Waals surface area (Å²) in [5.41, 5.74) is 5.63. The molecule has 3 aromatic carbocycles. The fraction of sp³-hybridized carbons (Fsp3) is 0.379. The lowest BCUT2D eigenvalue weighted by Crippen LogP contribution is -2.14. The molecule has 0 radical (unpaired) electrons. The van der Waals surface area contributed by atoms with Crippen molar-refractivity contribution in [2.45, 2.75) is 63.7 Å². The van der Waals surface area contributed by atoms with Crippen LogP contribution in [0, 0.1) is 11.7 Å². The molecule has 1 aliphatic rings. The lowest BCUT2D eigenvalue weighted by molar-refractivity contribution is 0.310. The van der Waals surface area contributed by atoms with Crippen LogP contribution in [0.4, 0.5) is 4.39 Å². The van der Waals surface area contributed by atoms with E-state index >= 15 is 0 Å². The number of aryl methyl sites for hydroxylation is 1. The summed E-state index contributed by atoms with van der Waals surface area (Å²) in [6, 6.07) is 27.3. The van der Waals surface area contributed by atoms with Crippen molar-refractivity contribution in [3.63, 3.8) is 0 Å². The molecule has 0 heterocycles. The summed E-state index contributed by atoms with van der Waals surface area (Å²) in [7, 11) is 0. The summed E-state index contributed by atoms with van der Waals surface area (Å²) in [4.78, 5) is 0. The molecule has 1 fully saturated rings. The highest BCUT2D eigenvalue weighted by molar-refractivity contribution is 5.28. The molecule has 0 spiro atoms. The Labute approximate surface area is 181 Å². The Morgan fingerprint density at radius 2 is 1.40 bits per heavy atom. The minimum Gasteiger partial charge on any atom is -0.207 e. The molecule has 0 N–H and O–H groups in total. The average molecular weight is 401 g/mol. The van der Waals surface area contributed by atoms with E-state index < -0.39 is 0 Å². The minimum atomic E-state index is -0.139. The lowest BCUT2D eigenvalue weighted by atomic mass is 9.76. The van der Waals surface area contributed by atoms with E-state index in [1.165, 1.54) is 54.4 Å². The molecular weight excluding hydrogens is 367 g/mol. The number of hydrogen-bond acceptors (Lipinski definition) is 0. The van der Waals surface area contributed by atoms with Gasteiger partial charge in [-0.1, -0.05) is 73.7 Å². The third-order valence-corrected chi connectivity index (χ3v) is 6.96. The van der Waals surface area contributed by atoms with Crippen molar-refractivity contribution in [2.75, 3.05) is 0 Å². The molecule has 0 aromatic heterocycles. The van der Waals surface area contributed by atoms with Crippen molar-refractivity contribution in [3.05, 3.63) is 107 Å². The van der Waals surface area contributed by atoms with Crippen molar-refractivity contribution in [1.29, 1.82) is 0 Å². The molecule has 1 heteroatoms. The van der Waals surface area contributed by atoms with Gasteiger partial charge in [-0.05, 0) is 97.1 Å². The van der Waals surface area contributed by atoms with E-state index in [1.807, 2.05) is 12.1 Å². The van der Waals surface area contributed by atoms with E-state index in [0.29, 0.717) is 11.8 Å². The Kier molecular flexibility index (Phi) is 7.00. The van der Waals surface area contributed by atoms with Gasteiger partial charge in [-0.15, -0.1) is 0 Å². The molecule has 1 atom stereocenters. The van der Waals surface area contributed by atoms with Crippen LogP contribution < -0.4 is 0 Å². The summed E-state index contributed by atoms with van der Waals surface area (Å²) in [6.07, 6.45) is 8.64. The molecule has 0 nitrogen and oxygen atoms in total. The second-order valence-corrected chi connectivity index (χ2v) is 9.14. The van der Waals surface area contributed by atoms with Crippen molar-refractivity contribution in [1.82, 2.24) is 0 Å². The fourth-order valence-electron chi connectivity index (χ4n) is 4.99. The second-order valence-electron chi connectivity index (χ2n) is 9.14. The van der Waals surface area contributed by atoms with Crippen molar-refractivity contribution < 1.29 is 4.39 Å². The summed E-state index contributed by atoms with van der Waals surface area (Å²) < 4.78 is 13.1. The third-order valence-electron chi connectivity index (χ3n) is 6.96. The van der Waals surface area contributed by atoms with Gasteiger partial charge in [0.05, 0.1) is 0 Å². The average Bonchev–Trinajstić information content (AvgIpc) is 2.80. The van der Waals surface area contributed by atoms with Crippen LogP contribution in [-0.2, 0) is 12.8 Å². The number of hydrogen-bond donors (Lipinski definition) is 0. The molecule has 156 valence electrons. The maximum absolute atomic E-state index is 13.1. The standard InChI is InChI=1S/C29H33F/c1-22(26-5-3-2-4-6-26)21-25-11-17-28(18-12-25)27-15-9-23(10-16-27)7-8-24-13-19-29(30)20-14-24/h2-6,11-14,17-20,22-23,27H,7-10,15-16,21H2,1H3/t22-,23?,27?/m0/s1. The maximum atomic E-state index is 13.1. The monoisotopic (exact) mass is 400 g/mol. The molecule has 0 saturated heterocycles. The highest BCUT2D eigenvalue weighted by atomic mass is 19.1. The quantitative estimate of drug-likeness (QED) is 0.376. The zero-order chi connectivity index (χ0) is 20.8. The topological polar surface area (TPSA) is 0 Å². The molecule has 0 unspecified atom stereocenters. The number of halogens is 1. The molecule has 1 aliphatic carbocycles. The Bertz CT molecular complexity index is 887. The summed E-state index contributed by atoms with van der Waals surface area (Å²) in [5.74, 6) is 1.94. The second kappa shape index (κ2) is 10.1. The van der Waals surface area contributed by atoms with Gasteiger partial charge in [0.25, 0.3) is 0 Å². The Morgan fingerprint density at radius 1 is 0.767 bits per heavy atom. The first-order chi connectivity index (χ1) is 14.7. The predicted octanol–water partition coefficient (Wildman–Crippen LogP) is 8.08. The van der Waals surface area contributed by atoms with Crippen LogP contribution in [-0.4, -0.2) is 0 Å². The van der Waals surface area contributed by atoms with Crippen LogP contribution in [0.3, 0.4) is 0 Å². The van der Waals surface area contributed by atoms with Crippen molar-refractivity contribution in [2.24, 2.45) is 5.92 Å². The van der Waals surface area contributed by atoms with Crippen LogP contribution in [0.1, 0.15) is 73.1 Å². The van der Waals surface area contributed by atoms with Gasteiger partial charge in [-0.3, -0.25) is 0 Å². The zero-order valence-electron chi connectivity index (χ0n) is 18.1. The van der Waals surface area contributed by atoms with E-state index in [-0.39, 0.29) is 5.82 Å². The highest BCUT2D eigenvalue weighted by Crippen LogP contribution is 2.37. The third kappa shape index (κ3) is 5.59. The summed E-state index contributed by atoms with van der Waals surface area (Å²) in [6.45, 7) is 2.32. The van der Waals surface area contributed by atoms with Gasteiger partial charge in [0.15, 0.2) is 0 Å². The van der Waals surface area contributed by atoms with Crippen molar-refractivity contribution in [3.8, 4) is 0 Å². The first-order valence-electron chi connectivity index (χ1n) is 11.6.